The first-order valence-corrected chi connectivity index (χ1v) is 5.25. The molecule has 1 unspecified atom stereocenters. The largest absolute Gasteiger partial charge is 0.458 e. The van der Waals surface area contributed by atoms with Gasteiger partial charge in [-0.05, 0) is 25.5 Å². The third-order valence-electron chi connectivity index (χ3n) is 2.70. The summed E-state index contributed by atoms with van der Waals surface area (Å²) >= 11 is 0. The third-order valence-corrected chi connectivity index (χ3v) is 2.70. The van der Waals surface area contributed by atoms with Crippen molar-refractivity contribution < 1.29 is 14.3 Å². The zero-order valence-corrected chi connectivity index (χ0v) is 9.78. The average molecular weight is 220 g/mol. The Bertz CT molecular complexity index is 497. The predicted molar refractivity (Wildman–Crippen MR) is 62.4 cm³/mol. The summed E-state index contributed by atoms with van der Waals surface area (Å²) in [5.74, 6) is 0.540. The molecule has 1 N–H and O–H groups in total. The fraction of sp³-hybridized carbons (Fsp3) is 0.385. The molecule has 0 fully saturated rings. The van der Waals surface area contributed by atoms with E-state index in [1.807, 2.05) is 31.2 Å². The van der Waals surface area contributed by atoms with Crippen molar-refractivity contribution in [3.8, 4) is 0 Å². The number of ether oxygens (including phenoxy) is 1. The van der Waals surface area contributed by atoms with Gasteiger partial charge in [0.2, 0.25) is 0 Å². The van der Waals surface area contributed by atoms with E-state index in [1.54, 1.807) is 14.0 Å². The van der Waals surface area contributed by atoms with Crippen molar-refractivity contribution in [2.75, 3.05) is 13.7 Å². The van der Waals surface area contributed by atoms with Gasteiger partial charge in [-0.1, -0.05) is 18.2 Å². The van der Waals surface area contributed by atoms with Crippen LogP contribution < -0.4 is 0 Å². The molecule has 0 aliphatic heterocycles. The number of aryl methyl sites for hydroxylation is 1. The van der Waals surface area contributed by atoms with Crippen LogP contribution in [0.5, 0.6) is 0 Å². The van der Waals surface area contributed by atoms with Gasteiger partial charge in [0.25, 0.3) is 0 Å². The number of rotatable bonds is 3. The Morgan fingerprint density at radius 3 is 2.81 bits per heavy atom. The van der Waals surface area contributed by atoms with E-state index in [1.165, 1.54) is 0 Å². The van der Waals surface area contributed by atoms with Gasteiger partial charge in [0.1, 0.15) is 16.9 Å². The molecule has 16 heavy (non-hydrogen) atoms. The molecule has 0 spiro atoms. The molecule has 2 aromatic rings. The second kappa shape index (κ2) is 3.92. The Hall–Kier alpha value is -1.32. The zero-order valence-electron chi connectivity index (χ0n) is 9.78. The summed E-state index contributed by atoms with van der Waals surface area (Å²) < 4.78 is 10.7. The van der Waals surface area contributed by atoms with E-state index in [0.717, 1.165) is 16.5 Å². The Morgan fingerprint density at radius 2 is 2.19 bits per heavy atom. The van der Waals surface area contributed by atoms with Crippen molar-refractivity contribution >= 4 is 11.0 Å². The minimum atomic E-state index is -1.08. The number of para-hydroxylation sites is 1. The molecule has 0 saturated carbocycles. The van der Waals surface area contributed by atoms with E-state index in [4.69, 9.17) is 9.15 Å². The van der Waals surface area contributed by atoms with Gasteiger partial charge in [-0.3, -0.25) is 0 Å². The number of aliphatic hydroxyl groups is 1. The highest BCUT2D eigenvalue weighted by molar-refractivity contribution is 5.81. The van der Waals surface area contributed by atoms with Crippen molar-refractivity contribution in [1.82, 2.24) is 0 Å². The molecule has 1 heterocycles. The summed E-state index contributed by atoms with van der Waals surface area (Å²) in [7, 11) is 1.56. The maximum absolute atomic E-state index is 10.2. The molecule has 86 valence electrons. The van der Waals surface area contributed by atoms with Crippen molar-refractivity contribution in [1.29, 1.82) is 0 Å². The first kappa shape index (κ1) is 11.2. The second-order valence-electron chi connectivity index (χ2n) is 4.31. The molecule has 0 amide bonds. The number of hydrogen-bond donors (Lipinski definition) is 1. The van der Waals surface area contributed by atoms with Crippen LogP contribution in [0.25, 0.3) is 11.0 Å². The maximum Gasteiger partial charge on any atom is 0.142 e. The highest BCUT2D eigenvalue weighted by atomic mass is 16.5. The van der Waals surface area contributed by atoms with Crippen LogP contribution in [-0.2, 0) is 10.3 Å². The molecule has 0 aliphatic rings. The zero-order chi connectivity index (χ0) is 11.8. The number of fused-ring (bicyclic) bond motifs is 1. The van der Waals surface area contributed by atoms with Crippen molar-refractivity contribution in [3.63, 3.8) is 0 Å². The molecule has 0 saturated heterocycles. The average Bonchev–Trinajstić information content (AvgIpc) is 2.63. The molecule has 1 aromatic carbocycles. The van der Waals surface area contributed by atoms with Crippen LogP contribution in [0, 0.1) is 6.92 Å². The van der Waals surface area contributed by atoms with E-state index < -0.39 is 5.60 Å². The van der Waals surface area contributed by atoms with Gasteiger partial charge in [-0.15, -0.1) is 0 Å². The highest BCUT2D eigenvalue weighted by Gasteiger charge is 2.27. The summed E-state index contributed by atoms with van der Waals surface area (Å²) in [5.41, 5.74) is 0.811. The lowest BCUT2D eigenvalue weighted by Gasteiger charge is -2.18. The first-order valence-electron chi connectivity index (χ1n) is 5.25. The molecule has 1 atom stereocenters. The smallest absolute Gasteiger partial charge is 0.142 e. The monoisotopic (exact) mass is 220 g/mol. The van der Waals surface area contributed by atoms with Gasteiger partial charge < -0.3 is 14.3 Å². The van der Waals surface area contributed by atoms with Gasteiger partial charge in [0.05, 0.1) is 6.61 Å². The highest BCUT2D eigenvalue weighted by Crippen LogP contribution is 2.29. The van der Waals surface area contributed by atoms with Gasteiger partial charge in [0, 0.05) is 12.5 Å². The number of hydrogen-bond acceptors (Lipinski definition) is 3. The minimum Gasteiger partial charge on any atom is -0.458 e. The fourth-order valence-electron chi connectivity index (χ4n) is 1.83. The topological polar surface area (TPSA) is 42.6 Å². The van der Waals surface area contributed by atoms with E-state index in [-0.39, 0.29) is 6.61 Å². The molecule has 3 heteroatoms. The van der Waals surface area contributed by atoms with E-state index >= 15 is 0 Å². The minimum absolute atomic E-state index is 0.214. The van der Waals surface area contributed by atoms with Crippen molar-refractivity contribution in [3.05, 3.63) is 35.6 Å². The Morgan fingerprint density at radius 1 is 1.44 bits per heavy atom. The lowest BCUT2D eigenvalue weighted by Crippen LogP contribution is -2.26. The molecule has 1 aromatic heterocycles. The normalized spacial score (nSPS) is 15.2. The predicted octanol–water partition coefficient (Wildman–Crippen LogP) is 2.60. The van der Waals surface area contributed by atoms with Crippen LogP contribution >= 0.6 is 0 Å². The molecule has 0 bridgehead atoms. The number of methoxy groups -OCH3 is 1. The van der Waals surface area contributed by atoms with Crippen molar-refractivity contribution in [2.24, 2.45) is 0 Å². The Balaban J connectivity index is 2.51. The Labute approximate surface area is 94.6 Å². The maximum atomic E-state index is 10.2. The molecular formula is C13H16O3. The van der Waals surface area contributed by atoms with E-state index in [0.29, 0.717) is 5.76 Å². The van der Waals surface area contributed by atoms with E-state index in [9.17, 15) is 5.11 Å². The lowest BCUT2D eigenvalue weighted by atomic mass is 10.0. The number of furan rings is 1. The van der Waals surface area contributed by atoms with Gasteiger partial charge in [-0.25, -0.2) is 0 Å². The second-order valence-corrected chi connectivity index (χ2v) is 4.31. The van der Waals surface area contributed by atoms with Gasteiger partial charge in [0.15, 0.2) is 0 Å². The lowest BCUT2D eigenvalue weighted by molar-refractivity contribution is -0.0349. The molecule has 2 rings (SSSR count). The van der Waals surface area contributed by atoms with Crippen LogP contribution in [0.15, 0.2) is 28.7 Å². The third kappa shape index (κ3) is 1.84. The summed E-state index contributed by atoms with van der Waals surface area (Å²) in [6.07, 6.45) is 0. The van der Waals surface area contributed by atoms with E-state index in [2.05, 4.69) is 0 Å². The molecule has 3 nitrogen and oxygen atoms in total. The quantitative estimate of drug-likeness (QED) is 0.864. The fourth-order valence-corrected chi connectivity index (χ4v) is 1.83. The first-order chi connectivity index (χ1) is 7.54. The SMILES string of the molecule is COCC(C)(O)c1cc2cccc(C)c2o1. The van der Waals surface area contributed by atoms with Crippen LogP contribution in [0.1, 0.15) is 18.2 Å². The Kier molecular flexibility index (Phi) is 2.74. The van der Waals surface area contributed by atoms with Crippen LogP contribution in [0.2, 0.25) is 0 Å². The summed E-state index contributed by atoms with van der Waals surface area (Å²) in [5, 5.41) is 11.2. The summed E-state index contributed by atoms with van der Waals surface area (Å²) in [6.45, 7) is 3.88. The molecule has 0 aliphatic carbocycles. The molecule has 0 radical (unpaired) electrons. The number of benzene rings is 1. The standard InChI is InChI=1S/C13H16O3/c1-9-5-4-6-10-7-11(16-12(9)10)13(2,14)8-15-3/h4-7,14H,8H2,1-3H3. The van der Waals surface area contributed by atoms with Gasteiger partial charge >= 0.3 is 0 Å². The summed E-state index contributed by atoms with van der Waals surface area (Å²) in [6, 6.07) is 7.79. The van der Waals surface area contributed by atoms with Gasteiger partial charge in [-0.2, -0.15) is 0 Å². The van der Waals surface area contributed by atoms with Crippen molar-refractivity contribution in [2.45, 2.75) is 19.4 Å². The molecular weight excluding hydrogens is 204 g/mol. The van der Waals surface area contributed by atoms with Crippen LogP contribution in [0.4, 0.5) is 0 Å². The summed E-state index contributed by atoms with van der Waals surface area (Å²) in [4.78, 5) is 0. The van der Waals surface area contributed by atoms with Crippen LogP contribution in [-0.4, -0.2) is 18.8 Å². The van der Waals surface area contributed by atoms with Crippen LogP contribution in [0.3, 0.4) is 0 Å².